The number of nitrogens with two attached hydrogens (primary N) is 1. The Bertz CT molecular complexity index is 520. The van der Waals surface area contributed by atoms with E-state index in [1.807, 2.05) is 0 Å². The Hall–Kier alpha value is -1.32. The molecule has 0 aliphatic heterocycles. The highest BCUT2D eigenvalue weighted by Crippen LogP contribution is 2.31. The predicted molar refractivity (Wildman–Crippen MR) is 58.2 cm³/mol. The summed E-state index contributed by atoms with van der Waals surface area (Å²) in [5.74, 6) is -0.917. The van der Waals surface area contributed by atoms with Crippen LogP contribution in [0.2, 0.25) is 0 Å². The number of halogens is 2. The van der Waals surface area contributed by atoms with Crippen molar-refractivity contribution in [3.63, 3.8) is 0 Å². The molecule has 0 radical (unpaired) electrons. The molecule has 1 aliphatic rings. The van der Waals surface area contributed by atoms with Gasteiger partial charge in [-0.15, -0.1) is 0 Å². The zero-order valence-corrected chi connectivity index (χ0v) is 8.89. The zero-order chi connectivity index (χ0) is 11.2. The molecule has 1 aliphatic carbocycles. The minimum absolute atomic E-state index is 0.203. The number of benzene rings is 1. The third-order valence-electron chi connectivity index (χ3n) is 2.12. The van der Waals surface area contributed by atoms with E-state index >= 15 is 0 Å². The van der Waals surface area contributed by atoms with E-state index in [2.05, 4.69) is 0 Å². The minimum atomic E-state index is -0.469. The van der Waals surface area contributed by atoms with E-state index in [9.17, 15) is 9.59 Å². The van der Waals surface area contributed by atoms with Crippen molar-refractivity contribution in [1.82, 2.24) is 0 Å². The molecule has 0 saturated carbocycles. The van der Waals surface area contributed by atoms with Crippen LogP contribution in [0.5, 0.6) is 0 Å². The fourth-order valence-electron chi connectivity index (χ4n) is 1.38. The number of carbonyl (C=O) groups is 2. The standard InChI is InChI=1S/C10H5Cl2NO2/c11-7-8(12)10(15)6-3-4(13)1-2-5(6)9(7)14/h1-3H,13H2. The van der Waals surface area contributed by atoms with Gasteiger partial charge in [-0.2, -0.15) is 0 Å². The maximum atomic E-state index is 11.6. The summed E-state index contributed by atoms with van der Waals surface area (Å²) in [6, 6.07) is 4.42. The summed E-state index contributed by atoms with van der Waals surface area (Å²) < 4.78 is 0. The molecule has 2 rings (SSSR count). The molecule has 15 heavy (non-hydrogen) atoms. The van der Waals surface area contributed by atoms with E-state index in [-0.39, 0.29) is 21.2 Å². The van der Waals surface area contributed by atoms with Gasteiger partial charge >= 0.3 is 0 Å². The highest BCUT2D eigenvalue weighted by atomic mass is 35.5. The van der Waals surface area contributed by atoms with E-state index in [0.29, 0.717) is 5.69 Å². The minimum Gasteiger partial charge on any atom is -0.399 e. The smallest absolute Gasteiger partial charge is 0.206 e. The summed E-state index contributed by atoms with van der Waals surface area (Å²) in [4.78, 5) is 23.3. The van der Waals surface area contributed by atoms with Crippen LogP contribution in [0.15, 0.2) is 28.3 Å². The van der Waals surface area contributed by atoms with Crippen LogP contribution in [0.3, 0.4) is 0 Å². The number of anilines is 1. The fourth-order valence-corrected chi connectivity index (χ4v) is 1.76. The van der Waals surface area contributed by atoms with Crippen LogP contribution in [-0.4, -0.2) is 11.6 Å². The van der Waals surface area contributed by atoms with Crippen LogP contribution < -0.4 is 5.73 Å². The Morgan fingerprint density at radius 3 is 2.07 bits per heavy atom. The van der Waals surface area contributed by atoms with Crippen molar-refractivity contribution >= 4 is 40.5 Å². The monoisotopic (exact) mass is 241 g/mol. The van der Waals surface area contributed by atoms with Crippen molar-refractivity contribution in [2.75, 3.05) is 5.73 Å². The normalized spacial score (nSPS) is 15.6. The largest absolute Gasteiger partial charge is 0.399 e. The second-order valence-electron chi connectivity index (χ2n) is 3.09. The molecule has 1 aromatic carbocycles. The first-order valence-electron chi connectivity index (χ1n) is 4.06. The summed E-state index contributed by atoms with van der Waals surface area (Å²) in [6.07, 6.45) is 0. The topological polar surface area (TPSA) is 60.2 Å². The first-order chi connectivity index (χ1) is 7.02. The number of ketones is 2. The van der Waals surface area contributed by atoms with Crippen molar-refractivity contribution < 1.29 is 9.59 Å². The molecule has 0 unspecified atom stereocenters. The van der Waals surface area contributed by atoms with Crippen LogP contribution >= 0.6 is 23.2 Å². The molecule has 5 heteroatoms. The summed E-state index contributed by atoms with van der Waals surface area (Å²) in [5.41, 5.74) is 6.36. The molecule has 0 amide bonds. The van der Waals surface area contributed by atoms with Crippen molar-refractivity contribution in [1.29, 1.82) is 0 Å². The van der Waals surface area contributed by atoms with Gasteiger partial charge in [-0.3, -0.25) is 9.59 Å². The van der Waals surface area contributed by atoms with Gasteiger partial charge in [0.1, 0.15) is 10.1 Å². The van der Waals surface area contributed by atoms with Crippen LogP contribution in [0, 0.1) is 0 Å². The Morgan fingerprint density at radius 2 is 1.47 bits per heavy atom. The van der Waals surface area contributed by atoms with Gasteiger partial charge in [0.15, 0.2) is 0 Å². The van der Waals surface area contributed by atoms with E-state index in [1.54, 1.807) is 0 Å². The van der Waals surface area contributed by atoms with Crippen LogP contribution in [0.25, 0.3) is 0 Å². The zero-order valence-electron chi connectivity index (χ0n) is 7.38. The molecule has 0 spiro atoms. The molecular formula is C10H5Cl2NO2. The number of fused-ring (bicyclic) bond motifs is 1. The fraction of sp³-hybridized carbons (Fsp3) is 0. The SMILES string of the molecule is Nc1ccc2c(c1)C(=O)C(Cl)=C(Cl)C2=O. The first-order valence-corrected chi connectivity index (χ1v) is 4.82. The molecule has 3 nitrogen and oxygen atoms in total. The Balaban J connectivity index is 2.73. The lowest BCUT2D eigenvalue weighted by Crippen LogP contribution is -2.17. The van der Waals surface area contributed by atoms with Gasteiger partial charge in [0, 0.05) is 16.8 Å². The van der Waals surface area contributed by atoms with Gasteiger partial charge < -0.3 is 5.73 Å². The second kappa shape index (κ2) is 3.36. The maximum absolute atomic E-state index is 11.6. The molecule has 0 aromatic heterocycles. The number of hydrogen-bond acceptors (Lipinski definition) is 3. The second-order valence-corrected chi connectivity index (χ2v) is 3.85. The summed E-state index contributed by atoms with van der Waals surface area (Å²) in [6.45, 7) is 0. The molecular weight excluding hydrogens is 237 g/mol. The van der Waals surface area contributed by atoms with Crippen molar-refractivity contribution in [2.45, 2.75) is 0 Å². The summed E-state index contributed by atoms with van der Waals surface area (Å²) in [5, 5.41) is -0.487. The lowest BCUT2D eigenvalue weighted by Gasteiger charge is -2.13. The number of Topliss-reactive ketones (excluding diaryl/α,β-unsaturated/α-hetero) is 2. The van der Waals surface area contributed by atoms with Gasteiger partial charge in [0.2, 0.25) is 11.6 Å². The number of nitrogen functional groups attached to an aromatic ring is 1. The van der Waals surface area contributed by atoms with Crippen molar-refractivity contribution in [3.05, 3.63) is 39.4 Å². The Kier molecular flexibility index (Phi) is 2.29. The highest BCUT2D eigenvalue weighted by Gasteiger charge is 2.30. The van der Waals surface area contributed by atoms with Gasteiger partial charge in [-0.05, 0) is 18.2 Å². The van der Waals surface area contributed by atoms with Gasteiger partial charge in [-0.1, -0.05) is 23.2 Å². The lowest BCUT2D eigenvalue weighted by molar-refractivity contribution is 0.0987. The molecule has 2 N–H and O–H groups in total. The van der Waals surface area contributed by atoms with E-state index in [0.717, 1.165) is 0 Å². The molecule has 0 bridgehead atoms. The Morgan fingerprint density at radius 1 is 0.933 bits per heavy atom. The van der Waals surface area contributed by atoms with E-state index < -0.39 is 11.6 Å². The molecule has 1 aromatic rings. The average Bonchev–Trinajstić information content (AvgIpc) is 2.23. The predicted octanol–water partition coefficient (Wildman–Crippen LogP) is 2.34. The quantitative estimate of drug-likeness (QED) is 0.710. The van der Waals surface area contributed by atoms with E-state index in [1.165, 1.54) is 18.2 Å². The highest BCUT2D eigenvalue weighted by molar-refractivity contribution is 6.59. The van der Waals surface area contributed by atoms with Crippen LogP contribution in [0.1, 0.15) is 20.7 Å². The average molecular weight is 242 g/mol. The van der Waals surface area contributed by atoms with Crippen LogP contribution in [0.4, 0.5) is 5.69 Å². The molecule has 0 atom stereocenters. The van der Waals surface area contributed by atoms with Gasteiger partial charge in [0.05, 0.1) is 0 Å². The van der Waals surface area contributed by atoms with Gasteiger partial charge in [-0.25, -0.2) is 0 Å². The van der Waals surface area contributed by atoms with Gasteiger partial charge in [0.25, 0.3) is 0 Å². The van der Waals surface area contributed by atoms with E-state index in [4.69, 9.17) is 28.9 Å². The number of hydrogen-bond donors (Lipinski definition) is 1. The number of allylic oxidation sites excluding steroid dienone is 2. The third-order valence-corrected chi connectivity index (χ3v) is 2.94. The maximum Gasteiger partial charge on any atom is 0.206 e. The van der Waals surface area contributed by atoms with Crippen molar-refractivity contribution in [3.8, 4) is 0 Å². The number of rotatable bonds is 0. The third kappa shape index (κ3) is 1.44. The van der Waals surface area contributed by atoms with Crippen LogP contribution in [-0.2, 0) is 0 Å². The first kappa shape index (κ1) is 10.2. The summed E-state index contributed by atoms with van der Waals surface area (Å²) >= 11 is 11.3. The Labute approximate surface area is 95.5 Å². The molecule has 0 heterocycles. The molecule has 0 saturated heterocycles. The van der Waals surface area contributed by atoms with Crippen molar-refractivity contribution in [2.24, 2.45) is 0 Å². The lowest BCUT2D eigenvalue weighted by atomic mass is 9.94. The number of carbonyl (C=O) groups excluding carboxylic acids is 2. The molecule has 0 fully saturated rings. The molecule has 76 valence electrons. The summed E-state index contributed by atoms with van der Waals surface area (Å²) in [7, 11) is 0.